The molecule has 0 radical (unpaired) electrons. The Morgan fingerprint density at radius 1 is 1.13 bits per heavy atom. The van der Waals surface area contributed by atoms with Crippen LogP contribution in [0, 0.1) is 5.82 Å². The molecular formula is C18H29FN4. The molecule has 2 fully saturated rings. The fourth-order valence-corrected chi connectivity index (χ4v) is 3.64. The molecule has 0 amide bonds. The number of nitrogens with zero attached hydrogens (tertiary/aromatic N) is 3. The molecule has 1 aromatic carbocycles. The third kappa shape index (κ3) is 4.51. The van der Waals surface area contributed by atoms with Gasteiger partial charge in [-0.2, -0.15) is 0 Å². The zero-order chi connectivity index (χ0) is 16.2. The van der Waals surface area contributed by atoms with Crippen LogP contribution in [0.5, 0.6) is 0 Å². The van der Waals surface area contributed by atoms with Gasteiger partial charge in [-0.25, -0.2) is 4.39 Å². The summed E-state index contributed by atoms with van der Waals surface area (Å²) in [4.78, 5) is 7.50. The quantitative estimate of drug-likeness (QED) is 0.905. The molecule has 2 aliphatic heterocycles. The van der Waals surface area contributed by atoms with E-state index < -0.39 is 0 Å². The van der Waals surface area contributed by atoms with Crippen LogP contribution >= 0.6 is 0 Å². The Morgan fingerprint density at radius 2 is 1.83 bits per heavy atom. The van der Waals surface area contributed by atoms with Gasteiger partial charge in [0, 0.05) is 64.4 Å². The van der Waals surface area contributed by atoms with Crippen LogP contribution in [0.15, 0.2) is 24.3 Å². The van der Waals surface area contributed by atoms with Gasteiger partial charge in [-0.05, 0) is 31.7 Å². The highest BCUT2D eigenvalue weighted by molar-refractivity contribution is 5.21. The van der Waals surface area contributed by atoms with Crippen LogP contribution in [0.1, 0.15) is 18.5 Å². The van der Waals surface area contributed by atoms with E-state index in [1.54, 1.807) is 12.1 Å². The molecule has 2 heterocycles. The molecule has 2 unspecified atom stereocenters. The number of halogens is 1. The average Bonchev–Trinajstić information content (AvgIpc) is 2.55. The van der Waals surface area contributed by atoms with Crippen LogP contribution in [0.3, 0.4) is 0 Å². The van der Waals surface area contributed by atoms with E-state index in [4.69, 9.17) is 0 Å². The van der Waals surface area contributed by atoms with Crippen molar-refractivity contribution >= 4 is 0 Å². The number of nitrogens with one attached hydrogen (secondary N) is 1. The lowest BCUT2D eigenvalue weighted by Gasteiger charge is -2.42. The monoisotopic (exact) mass is 320 g/mol. The minimum absolute atomic E-state index is 0.152. The van der Waals surface area contributed by atoms with Gasteiger partial charge in [0.2, 0.25) is 0 Å². The van der Waals surface area contributed by atoms with Crippen molar-refractivity contribution in [1.82, 2.24) is 20.0 Å². The zero-order valence-electron chi connectivity index (χ0n) is 14.3. The maximum Gasteiger partial charge on any atom is 0.123 e. The summed E-state index contributed by atoms with van der Waals surface area (Å²) >= 11 is 0. The number of rotatable bonds is 4. The topological polar surface area (TPSA) is 21.8 Å². The predicted molar refractivity (Wildman–Crippen MR) is 92.1 cm³/mol. The maximum absolute atomic E-state index is 13.3. The molecule has 128 valence electrons. The number of benzene rings is 1. The minimum atomic E-state index is -0.152. The SMILES string of the molecule is CC1CN(C(CN2CCN(C)CC2)c2ccc(F)cc2)CCN1. The van der Waals surface area contributed by atoms with Crippen molar-refractivity contribution in [3.05, 3.63) is 35.6 Å². The number of likely N-dealkylation sites (N-methyl/N-ethyl adjacent to an activating group) is 1. The lowest BCUT2D eigenvalue weighted by atomic mass is 10.0. The third-order valence-electron chi connectivity index (χ3n) is 5.12. The van der Waals surface area contributed by atoms with E-state index in [1.165, 1.54) is 5.56 Å². The molecule has 0 saturated carbocycles. The molecule has 1 aromatic rings. The maximum atomic E-state index is 13.3. The second-order valence-electron chi connectivity index (χ2n) is 7.02. The van der Waals surface area contributed by atoms with E-state index in [0.717, 1.165) is 52.4 Å². The van der Waals surface area contributed by atoms with E-state index in [1.807, 2.05) is 12.1 Å². The largest absolute Gasteiger partial charge is 0.312 e. The Balaban J connectivity index is 1.73. The van der Waals surface area contributed by atoms with Gasteiger partial charge in [-0.1, -0.05) is 12.1 Å². The lowest BCUT2D eigenvalue weighted by Crippen LogP contribution is -2.53. The Hall–Kier alpha value is -1.01. The number of piperazine rings is 2. The molecule has 23 heavy (non-hydrogen) atoms. The van der Waals surface area contributed by atoms with Crippen LogP contribution in [0.4, 0.5) is 4.39 Å². The van der Waals surface area contributed by atoms with Crippen LogP contribution in [-0.4, -0.2) is 80.1 Å². The summed E-state index contributed by atoms with van der Waals surface area (Å²) < 4.78 is 13.3. The van der Waals surface area contributed by atoms with Crippen molar-refractivity contribution in [2.24, 2.45) is 0 Å². The lowest BCUT2D eigenvalue weighted by molar-refractivity contribution is 0.0835. The van der Waals surface area contributed by atoms with Crippen molar-refractivity contribution in [2.75, 3.05) is 59.4 Å². The highest BCUT2D eigenvalue weighted by Gasteiger charge is 2.27. The fraction of sp³-hybridized carbons (Fsp3) is 0.667. The summed E-state index contributed by atoms with van der Waals surface area (Å²) in [7, 11) is 2.19. The molecule has 4 nitrogen and oxygen atoms in total. The number of hydrogen-bond acceptors (Lipinski definition) is 4. The van der Waals surface area contributed by atoms with Gasteiger partial charge in [0.1, 0.15) is 5.82 Å². The van der Waals surface area contributed by atoms with E-state index >= 15 is 0 Å². The molecular weight excluding hydrogens is 291 g/mol. The van der Waals surface area contributed by atoms with Crippen LogP contribution in [0.2, 0.25) is 0 Å². The van der Waals surface area contributed by atoms with Crippen molar-refractivity contribution in [2.45, 2.75) is 19.0 Å². The molecule has 0 aliphatic carbocycles. The summed E-state index contributed by atoms with van der Waals surface area (Å²) in [6.07, 6.45) is 0. The Labute approximate surface area is 139 Å². The summed E-state index contributed by atoms with van der Waals surface area (Å²) in [5, 5.41) is 3.51. The Kier molecular flexibility index (Phi) is 5.64. The molecule has 2 atom stereocenters. The molecule has 5 heteroatoms. The van der Waals surface area contributed by atoms with E-state index in [0.29, 0.717) is 12.1 Å². The zero-order valence-corrected chi connectivity index (χ0v) is 14.3. The van der Waals surface area contributed by atoms with Crippen molar-refractivity contribution in [3.8, 4) is 0 Å². The summed E-state index contributed by atoms with van der Waals surface area (Å²) in [5.41, 5.74) is 1.24. The summed E-state index contributed by atoms with van der Waals surface area (Å²) in [6.45, 7) is 10.9. The fourth-order valence-electron chi connectivity index (χ4n) is 3.64. The second-order valence-corrected chi connectivity index (χ2v) is 7.02. The highest BCUT2D eigenvalue weighted by Crippen LogP contribution is 2.24. The van der Waals surface area contributed by atoms with Crippen molar-refractivity contribution in [3.63, 3.8) is 0 Å². The first kappa shape index (κ1) is 16.8. The van der Waals surface area contributed by atoms with E-state index in [-0.39, 0.29) is 5.82 Å². The highest BCUT2D eigenvalue weighted by atomic mass is 19.1. The Bertz CT molecular complexity index is 484. The van der Waals surface area contributed by atoms with Gasteiger partial charge in [0.25, 0.3) is 0 Å². The van der Waals surface area contributed by atoms with Gasteiger partial charge in [0.15, 0.2) is 0 Å². The van der Waals surface area contributed by atoms with Crippen LogP contribution in [-0.2, 0) is 0 Å². The molecule has 1 N–H and O–H groups in total. The number of hydrogen-bond donors (Lipinski definition) is 1. The average molecular weight is 320 g/mol. The molecule has 3 rings (SSSR count). The molecule has 0 spiro atoms. The van der Waals surface area contributed by atoms with Gasteiger partial charge in [-0.3, -0.25) is 9.80 Å². The molecule has 2 saturated heterocycles. The van der Waals surface area contributed by atoms with E-state index in [9.17, 15) is 4.39 Å². The first-order valence-electron chi connectivity index (χ1n) is 8.75. The van der Waals surface area contributed by atoms with Crippen LogP contribution < -0.4 is 5.32 Å². The third-order valence-corrected chi connectivity index (χ3v) is 5.12. The van der Waals surface area contributed by atoms with Gasteiger partial charge in [0.05, 0.1) is 0 Å². The smallest absolute Gasteiger partial charge is 0.123 e. The second kappa shape index (κ2) is 7.71. The van der Waals surface area contributed by atoms with Crippen molar-refractivity contribution < 1.29 is 4.39 Å². The van der Waals surface area contributed by atoms with Gasteiger partial charge in [-0.15, -0.1) is 0 Å². The molecule has 0 bridgehead atoms. The van der Waals surface area contributed by atoms with E-state index in [2.05, 4.69) is 34.0 Å². The Morgan fingerprint density at radius 3 is 2.48 bits per heavy atom. The van der Waals surface area contributed by atoms with Gasteiger partial charge < -0.3 is 10.2 Å². The molecule has 0 aromatic heterocycles. The summed E-state index contributed by atoms with van der Waals surface area (Å²) in [6, 6.07) is 7.98. The minimum Gasteiger partial charge on any atom is -0.312 e. The normalized spacial score (nSPS) is 26.3. The summed E-state index contributed by atoms with van der Waals surface area (Å²) in [5.74, 6) is -0.152. The van der Waals surface area contributed by atoms with Gasteiger partial charge >= 0.3 is 0 Å². The first-order chi connectivity index (χ1) is 11.1. The van der Waals surface area contributed by atoms with Crippen molar-refractivity contribution in [1.29, 1.82) is 0 Å². The predicted octanol–water partition coefficient (Wildman–Crippen LogP) is 1.41. The molecule has 2 aliphatic rings. The first-order valence-corrected chi connectivity index (χ1v) is 8.75. The van der Waals surface area contributed by atoms with Crippen LogP contribution in [0.25, 0.3) is 0 Å². The standard InChI is InChI=1S/C18H29FN4/c1-15-13-23(8-7-20-15)18(16-3-5-17(19)6-4-16)14-22-11-9-21(2)10-12-22/h3-6,15,18,20H,7-14H2,1-2H3.